The minimum absolute atomic E-state index is 0.0870. The average Bonchev–Trinajstić information content (AvgIpc) is 3.28. The molecule has 0 unspecified atom stereocenters. The SMILES string of the molecule is CCCCOC(=O)c1c(NC(=O)/C(C#N)=C/c2ccc(C)o2)sc2c1CCCC2. The quantitative estimate of drug-likeness (QED) is 0.298. The van der Waals surface area contributed by atoms with E-state index in [2.05, 4.69) is 5.32 Å². The van der Waals surface area contributed by atoms with Crippen LogP contribution in [-0.2, 0) is 22.4 Å². The number of anilines is 1. The zero-order valence-corrected chi connectivity index (χ0v) is 17.5. The predicted molar refractivity (Wildman–Crippen MR) is 112 cm³/mol. The molecule has 0 atom stereocenters. The van der Waals surface area contributed by atoms with Gasteiger partial charge in [0.15, 0.2) is 0 Å². The zero-order chi connectivity index (χ0) is 20.8. The van der Waals surface area contributed by atoms with Gasteiger partial charge in [-0.25, -0.2) is 4.79 Å². The van der Waals surface area contributed by atoms with Gasteiger partial charge in [-0.15, -0.1) is 11.3 Å². The highest BCUT2D eigenvalue weighted by molar-refractivity contribution is 7.17. The second-order valence-electron chi connectivity index (χ2n) is 6.98. The first-order valence-corrected chi connectivity index (χ1v) is 10.7. The van der Waals surface area contributed by atoms with Gasteiger partial charge in [0.05, 0.1) is 12.2 Å². The Balaban J connectivity index is 1.86. The van der Waals surface area contributed by atoms with E-state index in [1.165, 1.54) is 17.4 Å². The lowest BCUT2D eigenvalue weighted by atomic mass is 9.95. The van der Waals surface area contributed by atoms with Gasteiger partial charge in [0, 0.05) is 11.0 Å². The number of unbranched alkanes of at least 4 members (excludes halogenated alkanes) is 1. The van der Waals surface area contributed by atoms with Crippen LogP contribution >= 0.6 is 11.3 Å². The van der Waals surface area contributed by atoms with E-state index in [4.69, 9.17) is 9.15 Å². The highest BCUT2D eigenvalue weighted by Gasteiger charge is 2.28. The van der Waals surface area contributed by atoms with Gasteiger partial charge in [-0.05, 0) is 56.7 Å². The van der Waals surface area contributed by atoms with Gasteiger partial charge < -0.3 is 14.5 Å². The van der Waals surface area contributed by atoms with Crippen LogP contribution in [-0.4, -0.2) is 18.5 Å². The molecule has 0 fully saturated rings. The van der Waals surface area contributed by atoms with Crippen molar-refractivity contribution in [2.75, 3.05) is 11.9 Å². The van der Waals surface area contributed by atoms with Crippen molar-refractivity contribution in [3.8, 4) is 6.07 Å². The Labute approximate surface area is 174 Å². The zero-order valence-electron chi connectivity index (χ0n) is 16.7. The Hall–Kier alpha value is -2.85. The number of aryl methyl sites for hydroxylation is 2. The maximum Gasteiger partial charge on any atom is 0.341 e. The average molecular weight is 413 g/mol. The summed E-state index contributed by atoms with van der Waals surface area (Å²) < 4.78 is 10.8. The van der Waals surface area contributed by atoms with Gasteiger partial charge in [-0.1, -0.05) is 13.3 Å². The van der Waals surface area contributed by atoms with E-state index in [0.29, 0.717) is 28.7 Å². The fourth-order valence-electron chi connectivity index (χ4n) is 3.24. The Morgan fingerprint density at radius 1 is 1.34 bits per heavy atom. The monoisotopic (exact) mass is 412 g/mol. The number of carbonyl (C=O) groups excluding carboxylic acids is 2. The number of amides is 1. The smallest absolute Gasteiger partial charge is 0.341 e. The van der Waals surface area contributed by atoms with E-state index in [0.717, 1.165) is 49.0 Å². The lowest BCUT2D eigenvalue weighted by Crippen LogP contribution is -2.17. The molecular weight excluding hydrogens is 388 g/mol. The lowest BCUT2D eigenvalue weighted by Gasteiger charge is -2.12. The van der Waals surface area contributed by atoms with Crippen LogP contribution in [0.15, 0.2) is 22.1 Å². The van der Waals surface area contributed by atoms with Crippen molar-refractivity contribution in [3.05, 3.63) is 45.2 Å². The third-order valence-corrected chi connectivity index (χ3v) is 5.95. The second-order valence-corrected chi connectivity index (χ2v) is 8.08. The third kappa shape index (κ3) is 4.96. The summed E-state index contributed by atoms with van der Waals surface area (Å²) in [6, 6.07) is 5.36. The van der Waals surface area contributed by atoms with Crippen LogP contribution in [0.25, 0.3) is 6.08 Å². The molecule has 0 aliphatic heterocycles. The van der Waals surface area contributed by atoms with Crippen LogP contribution in [0.3, 0.4) is 0 Å². The fourth-order valence-corrected chi connectivity index (χ4v) is 4.52. The Kier molecular flexibility index (Phi) is 6.89. The Bertz CT molecular complexity index is 978. The number of nitriles is 1. The summed E-state index contributed by atoms with van der Waals surface area (Å²) in [5.74, 6) is 0.149. The molecule has 2 aromatic rings. The van der Waals surface area contributed by atoms with E-state index in [1.807, 2.05) is 13.0 Å². The molecule has 2 heterocycles. The summed E-state index contributed by atoms with van der Waals surface area (Å²) in [5, 5.41) is 12.6. The summed E-state index contributed by atoms with van der Waals surface area (Å²) in [4.78, 5) is 26.5. The first kappa shape index (κ1) is 20.9. The fraction of sp³-hybridized carbons (Fsp3) is 0.409. The molecule has 6 nitrogen and oxygen atoms in total. The second kappa shape index (κ2) is 9.57. The summed E-state index contributed by atoms with van der Waals surface area (Å²) in [6.45, 7) is 4.17. The molecule has 0 aromatic carbocycles. The largest absolute Gasteiger partial charge is 0.462 e. The lowest BCUT2D eigenvalue weighted by molar-refractivity contribution is -0.112. The highest BCUT2D eigenvalue weighted by atomic mass is 32.1. The Morgan fingerprint density at radius 2 is 2.14 bits per heavy atom. The molecule has 3 rings (SSSR count). The number of esters is 1. The number of nitrogens with one attached hydrogen (secondary N) is 1. The first-order valence-electron chi connectivity index (χ1n) is 9.84. The number of thiophene rings is 1. The van der Waals surface area contributed by atoms with E-state index < -0.39 is 11.9 Å². The molecule has 0 radical (unpaired) electrons. The molecule has 7 heteroatoms. The molecule has 1 aliphatic carbocycles. The van der Waals surface area contributed by atoms with Crippen molar-refractivity contribution in [1.29, 1.82) is 5.26 Å². The number of ether oxygens (including phenoxy) is 1. The molecule has 152 valence electrons. The summed E-state index contributed by atoms with van der Waals surface area (Å²) in [5.41, 5.74) is 1.33. The number of hydrogen-bond acceptors (Lipinski definition) is 6. The molecular formula is C22H24N2O4S. The van der Waals surface area contributed by atoms with E-state index in [1.54, 1.807) is 19.1 Å². The summed E-state index contributed by atoms with van der Waals surface area (Å²) in [6.07, 6.45) is 6.88. The summed E-state index contributed by atoms with van der Waals surface area (Å²) >= 11 is 1.40. The van der Waals surface area contributed by atoms with Crippen LogP contribution in [0.5, 0.6) is 0 Å². The minimum atomic E-state index is -0.567. The van der Waals surface area contributed by atoms with Crippen LogP contribution < -0.4 is 5.32 Å². The highest BCUT2D eigenvalue weighted by Crippen LogP contribution is 2.38. The number of furan rings is 1. The van der Waals surface area contributed by atoms with E-state index >= 15 is 0 Å². The standard InChI is InChI=1S/C22H24N2O4S/c1-3-4-11-27-22(26)19-17-7-5-6-8-18(17)29-21(19)24-20(25)15(13-23)12-16-10-9-14(2)28-16/h9-10,12H,3-8,11H2,1-2H3,(H,24,25)/b15-12+. The first-order chi connectivity index (χ1) is 14.0. The molecule has 1 N–H and O–H groups in total. The molecule has 0 bridgehead atoms. The molecule has 1 amide bonds. The molecule has 0 spiro atoms. The van der Waals surface area contributed by atoms with Crippen LogP contribution in [0.2, 0.25) is 0 Å². The topological polar surface area (TPSA) is 92.3 Å². The molecule has 2 aromatic heterocycles. The maximum atomic E-state index is 12.7. The predicted octanol–water partition coefficient (Wildman–Crippen LogP) is 5.03. The van der Waals surface area contributed by atoms with Gasteiger partial charge in [0.1, 0.15) is 28.2 Å². The van der Waals surface area contributed by atoms with Crippen molar-refractivity contribution in [1.82, 2.24) is 0 Å². The van der Waals surface area contributed by atoms with Crippen molar-refractivity contribution < 1.29 is 18.7 Å². The molecule has 0 saturated carbocycles. The van der Waals surface area contributed by atoms with E-state index in [-0.39, 0.29) is 5.57 Å². The van der Waals surface area contributed by atoms with Crippen LogP contribution in [0, 0.1) is 18.3 Å². The number of carbonyl (C=O) groups is 2. The van der Waals surface area contributed by atoms with Crippen LogP contribution in [0.4, 0.5) is 5.00 Å². The van der Waals surface area contributed by atoms with Gasteiger partial charge in [0.25, 0.3) is 5.91 Å². The molecule has 29 heavy (non-hydrogen) atoms. The number of hydrogen-bond donors (Lipinski definition) is 1. The van der Waals surface area contributed by atoms with Gasteiger partial charge in [-0.3, -0.25) is 4.79 Å². The molecule has 1 aliphatic rings. The number of fused-ring (bicyclic) bond motifs is 1. The third-order valence-electron chi connectivity index (χ3n) is 4.75. The van der Waals surface area contributed by atoms with Crippen molar-refractivity contribution in [3.63, 3.8) is 0 Å². The molecule has 0 saturated heterocycles. The normalized spacial score (nSPS) is 13.5. The van der Waals surface area contributed by atoms with Gasteiger partial charge in [0.2, 0.25) is 0 Å². The summed E-state index contributed by atoms with van der Waals surface area (Å²) in [7, 11) is 0. The minimum Gasteiger partial charge on any atom is -0.462 e. The van der Waals surface area contributed by atoms with Crippen molar-refractivity contribution in [2.24, 2.45) is 0 Å². The van der Waals surface area contributed by atoms with E-state index in [9.17, 15) is 14.9 Å². The van der Waals surface area contributed by atoms with Gasteiger partial charge in [-0.2, -0.15) is 5.26 Å². The van der Waals surface area contributed by atoms with Crippen molar-refractivity contribution >= 4 is 34.3 Å². The van der Waals surface area contributed by atoms with Crippen molar-refractivity contribution in [2.45, 2.75) is 52.4 Å². The maximum absolute atomic E-state index is 12.7. The van der Waals surface area contributed by atoms with Gasteiger partial charge >= 0.3 is 5.97 Å². The Morgan fingerprint density at radius 3 is 2.83 bits per heavy atom. The van der Waals surface area contributed by atoms with Crippen LogP contribution in [0.1, 0.15) is 64.9 Å². The number of nitrogens with zero attached hydrogens (tertiary/aromatic N) is 1. The number of rotatable bonds is 7.